The van der Waals surface area contributed by atoms with Crippen LogP contribution in [0.25, 0.3) is 0 Å². The number of aromatic amines is 1. The van der Waals surface area contributed by atoms with Gasteiger partial charge in [0.15, 0.2) is 0 Å². The molecular formula is C44H75N7O7. The maximum absolute atomic E-state index is 14.3. The molecular weight excluding hydrogens is 739 g/mol. The number of aromatic nitrogens is 2. The molecule has 0 bridgehead atoms. The van der Waals surface area contributed by atoms with Gasteiger partial charge in [0.05, 0.1) is 6.33 Å². The quantitative estimate of drug-likeness (QED) is 0.0469. The minimum Gasteiger partial charge on any atom is -0.444 e. The summed E-state index contributed by atoms with van der Waals surface area (Å²) < 4.78 is 10.8. The fourth-order valence-electron chi connectivity index (χ4n) is 6.57. The molecule has 0 saturated carbocycles. The zero-order valence-corrected chi connectivity index (χ0v) is 36.6. The number of carbonyl (C=O) groups is 5. The third kappa shape index (κ3) is 23.1. The van der Waals surface area contributed by atoms with Gasteiger partial charge in [-0.05, 0) is 106 Å². The predicted molar refractivity (Wildman–Crippen MR) is 228 cm³/mol. The van der Waals surface area contributed by atoms with E-state index < -0.39 is 47.4 Å². The molecule has 14 heteroatoms. The van der Waals surface area contributed by atoms with E-state index in [1.54, 1.807) is 54.1 Å². The fraction of sp³-hybridized carbons (Fsp3) is 0.727. The maximum atomic E-state index is 14.3. The number of hydrogen-bond donors (Lipinski definition) is 5. The number of amides is 5. The lowest BCUT2D eigenvalue weighted by molar-refractivity contribution is -0.140. The van der Waals surface area contributed by atoms with Crippen molar-refractivity contribution < 1.29 is 33.4 Å². The second kappa shape index (κ2) is 27.4. The lowest BCUT2D eigenvalue weighted by Gasteiger charge is -2.29. The molecule has 1 aromatic heterocycles. The third-order valence-electron chi connectivity index (χ3n) is 9.43. The highest BCUT2D eigenvalue weighted by Gasteiger charge is 2.42. The summed E-state index contributed by atoms with van der Waals surface area (Å²) in [6.07, 6.45) is 25.5. The number of likely N-dealkylation sites (tertiary alicyclic amines) is 1. The molecule has 0 aromatic carbocycles. The molecule has 328 valence electrons. The Hall–Kier alpha value is -4.36. The molecule has 1 aromatic rings. The monoisotopic (exact) mass is 814 g/mol. The largest absolute Gasteiger partial charge is 0.444 e. The van der Waals surface area contributed by atoms with Crippen molar-refractivity contribution in [3.63, 3.8) is 0 Å². The van der Waals surface area contributed by atoms with Gasteiger partial charge in [-0.15, -0.1) is 0 Å². The Balaban J connectivity index is 1.96. The topological polar surface area (TPSA) is 184 Å². The Morgan fingerprint density at radius 1 is 0.828 bits per heavy atom. The average molecular weight is 814 g/mol. The highest BCUT2D eigenvalue weighted by atomic mass is 16.6. The molecule has 0 radical (unpaired) electrons. The van der Waals surface area contributed by atoms with Crippen LogP contribution in [-0.4, -0.2) is 93.7 Å². The maximum Gasteiger partial charge on any atom is 0.408 e. The number of imidazole rings is 1. The van der Waals surface area contributed by atoms with Gasteiger partial charge in [0, 0.05) is 50.4 Å². The second-order valence-electron chi connectivity index (χ2n) is 17.2. The summed E-state index contributed by atoms with van der Waals surface area (Å²) in [5.41, 5.74) is -0.561. The van der Waals surface area contributed by atoms with E-state index in [0.717, 1.165) is 50.6 Å². The molecule has 1 fully saturated rings. The van der Waals surface area contributed by atoms with E-state index in [1.807, 2.05) is 0 Å². The first-order chi connectivity index (χ1) is 27.6. The smallest absolute Gasteiger partial charge is 0.408 e. The minimum absolute atomic E-state index is 0.107. The van der Waals surface area contributed by atoms with Crippen molar-refractivity contribution in [2.75, 3.05) is 19.6 Å². The number of H-pyrrole nitrogens is 1. The Bertz CT molecular complexity index is 1420. The highest BCUT2D eigenvalue weighted by molar-refractivity contribution is 5.92. The van der Waals surface area contributed by atoms with Gasteiger partial charge >= 0.3 is 12.2 Å². The first-order valence-electron chi connectivity index (χ1n) is 21.7. The summed E-state index contributed by atoms with van der Waals surface area (Å²) in [6, 6.07) is -2.29. The number of unbranched alkanes of at least 4 members (excludes halogenated alkanes) is 9. The van der Waals surface area contributed by atoms with Crippen LogP contribution in [0.15, 0.2) is 36.8 Å². The summed E-state index contributed by atoms with van der Waals surface area (Å²) in [7, 11) is 0. The van der Waals surface area contributed by atoms with Gasteiger partial charge in [-0.2, -0.15) is 0 Å². The second-order valence-corrected chi connectivity index (χ2v) is 17.2. The number of hydrogen-bond acceptors (Lipinski definition) is 8. The molecule has 2 rings (SSSR count). The van der Waals surface area contributed by atoms with Crippen LogP contribution in [0, 0.1) is 0 Å². The molecule has 14 nitrogen and oxygen atoms in total. The van der Waals surface area contributed by atoms with Gasteiger partial charge in [0.1, 0.15) is 23.3 Å². The number of carbonyl (C=O) groups excluding carboxylic acids is 5. The summed E-state index contributed by atoms with van der Waals surface area (Å²) in [5.74, 6) is -0.884. The summed E-state index contributed by atoms with van der Waals surface area (Å²) in [4.78, 5) is 74.5. The molecule has 1 aliphatic rings. The average Bonchev–Trinajstić information content (AvgIpc) is 3.81. The number of ether oxygens (including phenoxy) is 2. The van der Waals surface area contributed by atoms with Gasteiger partial charge in [-0.3, -0.25) is 14.4 Å². The van der Waals surface area contributed by atoms with Crippen molar-refractivity contribution in [3.05, 3.63) is 42.5 Å². The molecule has 1 saturated heterocycles. The Kier molecular flexibility index (Phi) is 23.5. The van der Waals surface area contributed by atoms with Gasteiger partial charge in [0.25, 0.3) is 0 Å². The van der Waals surface area contributed by atoms with Crippen molar-refractivity contribution in [2.45, 2.75) is 187 Å². The van der Waals surface area contributed by atoms with E-state index in [4.69, 9.17) is 9.47 Å². The van der Waals surface area contributed by atoms with E-state index >= 15 is 0 Å². The van der Waals surface area contributed by atoms with Crippen molar-refractivity contribution in [3.8, 4) is 0 Å². The molecule has 0 spiro atoms. The zero-order valence-electron chi connectivity index (χ0n) is 36.6. The van der Waals surface area contributed by atoms with Crippen LogP contribution in [0.3, 0.4) is 0 Å². The molecule has 3 atom stereocenters. The predicted octanol–water partition coefficient (Wildman–Crippen LogP) is 7.56. The molecule has 0 aliphatic carbocycles. The Morgan fingerprint density at radius 3 is 2.14 bits per heavy atom. The van der Waals surface area contributed by atoms with Crippen molar-refractivity contribution in [1.29, 1.82) is 0 Å². The first-order valence-corrected chi connectivity index (χ1v) is 21.7. The molecule has 5 N–H and O–H groups in total. The number of nitrogens with zero attached hydrogens (tertiary/aromatic N) is 2. The standard InChI is InChI=1S/C44H75N7O7/c1-8-9-10-11-12-13-14-15-16-17-18-19-20-21-22-26-38(52)49-35-30-37(39(53)46-29-27-34-31-45-33-48-34)51(32-35)40(54)36(50-42(56)58-44(5,6)7)25-23-24-28-47-41(55)57-43(2,3)4/h12-13,15-16,31,33,35-37H,8-11,14,17-30,32H2,1-7H3,(H,45,48)(H,46,53)(H,47,55)(H,49,52)(H,50,56)/t35-,36+,37-/m0/s1. The van der Waals surface area contributed by atoms with E-state index in [2.05, 4.69) is 62.5 Å². The molecule has 5 amide bonds. The summed E-state index contributed by atoms with van der Waals surface area (Å²) in [6.45, 7) is 13.5. The van der Waals surface area contributed by atoms with Crippen molar-refractivity contribution in [2.24, 2.45) is 0 Å². The normalized spacial score (nSPS) is 16.4. The van der Waals surface area contributed by atoms with Crippen LogP contribution in [0.1, 0.15) is 157 Å². The van der Waals surface area contributed by atoms with E-state index in [-0.39, 0.29) is 31.2 Å². The zero-order chi connectivity index (χ0) is 42.8. The van der Waals surface area contributed by atoms with Crippen LogP contribution in [0.2, 0.25) is 0 Å². The highest BCUT2D eigenvalue weighted by Crippen LogP contribution is 2.22. The molecule has 2 heterocycles. The number of alkyl carbamates (subject to hydrolysis) is 2. The van der Waals surface area contributed by atoms with Crippen LogP contribution < -0.4 is 21.3 Å². The van der Waals surface area contributed by atoms with Crippen molar-refractivity contribution in [1.82, 2.24) is 36.1 Å². The van der Waals surface area contributed by atoms with E-state index in [9.17, 15) is 24.0 Å². The van der Waals surface area contributed by atoms with Crippen LogP contribution in [0.5, 0.6) is 0 Å². The third-order valence-corrected chi connectivity index (χ3v) is 9.43. The van der Waals surface area contributed by atoms with Gasteiger partial charge in [0.2, 0.25) is 17.7 Å². The summed E-state index contributed by atoms with van der Waals surface area (Å²) >= 11 is 0. The van der Waals surface area contributed by atoms with Crippen molar-refractivity contribution >= 4 is 29.9 Å². The lowest BCUT2D eigenvalue weighted by atomic mass is 10.1. The van der Waals surface area contributed by atoms with Gasteiger partial charge < -0.3 is 40.6 Å². The Morgan fingerprint density at radius 2 is 1.48 bits per heavy atom. The van der Waals surface area contributed by atoms with E-state index in [1.165, 1.54) is 30.6 Å². The Labute approximate surface area is 347 Å². The van der Waals surface area contributed by atoms with E-state index in [0.29, 0.717) is 38.8 Å². The van der Waals surface area contributed by atoms with Gasteiger partial charge in [-0.1, -0.05) is 63.3 Å². The summed E-state index contributed by atoms with van der Waals surface area (Å²) in [5, 5.41) is 11.5. The molecule has 1 aliphatic heterocycles. The minimum atomic E-state index is -1.00. The van der Waals surface area contributed by atoms with Crippen LogP contribution in [-0.2, 0) is 30.3 Å². The number of allylic oxidation sites excluding steroid dienone is 4. The fourth-order valence-corrected chi connectivity index (χ4v) is 6.57. The number of nitrogens with one attached hydrogen (secondary N) is 5. The van der Waals surface area contributed by atoms with Crippen LogP contribution >= 0.6 is 0 Å². The number of rotatable bonds is 26. The SMILES string of the molecule is CCCCCC=CCC=CCCCCCCCC(=O)N[C@H]1C[C@@H](C(=O)NCCc2cnc[nH]2)N(C(=O)[C@@H](CCCCNC(=O)OC(C)(C)C)NC(=O)OC(C)(C)C)C1. The lowest BCUT2D eigenvalue weighted by Crippen LogP contribution is -2.54. The first kappa shape index (κ1) is 49.8. The molecule has 0 unspecified atom stereocenters. The van der Waals surface area contributed by atoms with Crippen LogP contribution in [0.4, 0.5) is 9.59 Å². The molecule has 58 heavy (non-hydrogen) atoms. The van der Waals surface area contributed by atoms with Gasteiger partial charge in [-0.25, -0.2) is 14.6 Å².